The lowest BCUT2D eigenvalue weighted by molar-refractivity contribution is -0.384. The number of rotatable bonds is 6. The van der Waals surface area contributed by atoms with Gasteiger partial charge in [0, 0.05) is 17.8 Å². The van der Waals surface area contributed by atoms with E-state index in [9.17, 15) is 29.3 Å². The molecule has 0 aromatic heterocycles. The number of hydrogen-bond acceptors (Lipinski definition) is 7. The summed E-state index contributed by atoms with van der Waals surface area (Å²) in [5, 5.41) is 13.1. The number of carbonyl (C=O) groups excluding carboxylic acids is 4. The molecule has 0 spiro atoms. The first-order valence-corrected chi connectivity index (χ1v) is 9.37. The number of non-ortho nitro benzene ring substituents is 1. The number of carbonyl (C=O) groups is 4. The van der Waals surface area contributed by atoms with Crippen LogP contribution in [0.2, 0.25) is 0 Å². The number of hydrogen-bond donors (Lipinski definition) is 1. The van der Waals surface area contributed by atoms with Gasteiger partial charge in [-0.15, -0.1) is 0 Å². The molecule has 1 aromatic carbocycles. The average molecular weight is 403 g/mol. The molecule has 2 fully saturated rings. The lowest BCUT2D eigenvalue weighted by atomic mass is 9.81. The van der Waals surface area contributed by atoms with Crippen LogP contribution in [0.25, 0.3) is 0 Å². The minimum absolute atomic E-state index is 0.122. The van der Waals surface area contributed by atoms with Crippen molar-refractivity contribution in [2.75, 3.05) is 11.9 Å². The Morgan fingerprint density at radius 1 is 1.17 bits per heavy atom. The van der Waals surface area contributed by atoms with Gasteiger partial charge in [-0.25, -0.2) is 4.79 Å². The monoisotopic (exact) mass is 403 g/mol. The van der Waals surface area contributed by atoms with Crippen molar-refractivity contribution >= 4 is 35.1 Å². The molecule has 1 heterocycles. The van der Waals surface area contributed by atoms with Crippen molar-refractivity contribution in [2.24, 2.45) is 11.8 Å². The quantitative estimate of drug-likeness (QED) is 0.330. The number of esters is 1. The molecule has 0 bridgehead atoms. The molecule has 29 heavy (non-hydrogen) atoms. The second-order valence-electron chi connectivity index (χ2n) is 7.18. The number of ether oxygens (including phenoxy) is 1. The number of anilines is 1. The van der Waals surface area contributed by atoms with Crippen molar-refractivity contribution in [3.05, 3.63) is 34.4 Å². The minimum atomic E-state index is -1.10. The average Bonchev–Trinajstić information content (AvgIpc) is 2.96. The Morgan fingerprint density at radius 3 is 2.24 bits per heavy atom. The van der Waals surface area contributed by atoms with Crippen molar-refractivity contribution in [1.82, 2.24) is 4.90 Å². The topological polar surface area (TPSA) is 136 Å². The predicted molar refractivity (Wildman–Crippen MR) is 99.4 cm³/mol. The molecule has 10 nitrogen and oxygen atoms in total. The van der Waals surface area contributed by atoms with E-state index >= 15 is 0 Å². The van der Waals surface area contributed by atoms with Crippen LogP contribution in [0.1, 0.15) is 32.6 Å². The normalized spacial score (nSPS) is 22.0. The molecule has 2 aliphatic rings. The van der Waals surface area contributed by atoms with Crippen molar-refractivity contribution in [1.29, 1.82) is 0 Å². The van der Waals surface area contributed by atoms with Crippen LogP contribution in [0.4, 0.5) is 11.4 Å². The Hall–Kier alpha value is -3.30. The number of amides is 3. The van der Waals surface area contributed by atoms with Crippen LogP contribution in [0.15, 0.2) is 24.3 Å². The third-order valence-corrected chi connectivity index (χ3v) is 5.31. The number of likely N-dealkylation sites (tertiary alicyclic amines) is 1. The zero-order chi connectivity index (χ0) is 21.1. The van der Waals surface area contributed by atoms with E-state index in [1.54, 1.807) is 0 Å². The van der Waals surface area contributed by atoms with E-state index in [0.29, 0.717) is 18.5 Å². The molecule has 10 heteroatoms. The van der Waals surface area contributed by atoms with Crippen molar-refractivity contribution in [3.8, 4) is 0 Å². The van der Waals surface area contributed by atoms with Crippen LogP contribution in [0.5, 0.6) is 0 Å². The highest BCUT2D eigenvalue weighted by Gasteiger charge is 2.51. The number of nitro groups is 1. The van der Waals surface area contributed by atoms with Gasteiger partial charge in [-0.1, -0.05) is 12.8 Å². The fourth-order valence-corrected chi connectivity index (χ4v) is 3.80. The Bertz CT molecular complexity index is 828. The number of nitrogens with zero attached hydrogens (tertiary/aromatic N) is 2. The summed E-state index contributed by atoms with van der Waals surface area (Å²) in [6.45, 7) is 0.799. The first kappa shape index (κ1) is 20.4. The summed E-state index contributed by atoms with van der Waals surface area (Å²) >= 11 is 0. The van der Waals surface area contributed by atoms with E-state index in [1.807, 2.05) is 0 Å². The number of nitro benzene ring substituents is 1. The van der Waals surface area contributed by atoms with Crippen LogP contribution in [0.3, 0.4) is 0 Å². The van der Waals surface area contributed by atoms with E-state index in [2.05, 4.69) is 5.32 Å². The van der Waals surface area contributed by atoms with Crippen LogP contribution in [-0.4, -0.2) is 46.2 Å². The lowest BCUT2D eigenvalue weighted by Gasteiger charge is -2.21. The van der Waals surface area contributed by atoms with E-state index in [-0.39, 0.29) is 29.3 Å². The maximum absolute atomic E-state index is 12.5. The molecule has 1 aromatic rings. The summed E-state index contributed by atoms with van der Waals surface area (Å²) in [7, 11) is 0. The van der Waals surface area contributed by atoms with Crippen LogP contribution in [0, 0.1) is 22.0 Å². The van der Waals surface area contributed by atoms with Crippen LogP contribution < -0.4 is 5.32 Å². The van der Waals surface area contributed by atoms with Crippen LogP contribution in [-0.2, 0) is 23.9 Å². The van der Waals surface area contributed by atoms with Gasteiger partial charge < -0.3 is 10.1 Å². The van der Waals surface area contributed by atoms with E-state index in [0.717, 1.165) is 17.7 Å². The summed E-state index contributed by atoms with van der Waals surface area (Å²) in [5.74, 6) is -2.91. The van der Waals surface area contributed by atoms with Gasteiger partial charge in [-0.05, 0) is 31.9 Å². The molecule has 1 aliphatic heterocycles. The van der Waals surface area contributed by atoms with Gasteiger partial charge in [-0.2, -0.15) is 0 Å². The van der Waals surface area contributed by atoms with Gasteiger partial charge in [0.25, 0.3) is 11.6 Å². The SMILES string of the molecule is C[C@@H](C(=O)OCC(=O)Nc1ccc([N+](=O)[O-])cc1)N1C(=O)[C@@H]2CCCC[C@H]2C1=O. The van der Waals surface area contributed by atoms with Gasteiger partial charge >= 0.3 is 5.97 Å². The standard InChI is InChI=1S/C19H21N3O7/c1-11(21-17(24)14-4-2-3-5-15(14)18(21)25)19(26)29-10-16(23)20-12-6-8-13(9-7-12)22(27)28/h6-9,11,14-15H,2-5,10H2,1H3,(H,20,23)/t11-,14+,15+/m0/s1. The first-order chi connectivity index (χ1) is 13.8. The summed E-state index contributed by atoms with van der Waals surface area (Å²) in [6.07, 6.45) is 3.06. The van der Waals surface area contributed by atoms with E-state index in [1.165, 1.54) is 31.2 Å². The summed E-state index contributed by atoms with van der Waals surface area (Å²) in [4.78, 5) is 60.3. The molecule has 1 saturated carbocycles. The Morgan fingerprint density at radius 2 is 1.72 bits per heavy atom. The highest BCUT2D eigenvalue weighted by Crippen LogP contribution is 2.38. The van der Waals surface area contributed by atoms with Crippen LogP contribution >= 0.6 is 0 Å². The second-order valence-corrected chi connectivity index (χ2v) is 7.18. The third kappa shape index (κ3) is 4.25. The zero-order valence-corrected chi connectivity index (χ0v) is 15.8. The summed E-state index contributed by atoms with van der Waals surface area (Å²) in [6, 6.07) is 4.06. The molecular formula is C19H21N3O7. The molecule has 3 rings (SSSR count). The Balaban J connectivity index is 1.53. The molecule has 0 unspecified atom stereocenters. The van der Waals surface area contributed by atoms with Gasteiger partial charge in [-0.3, -0.25) is 29.4 Å². The second kappa shape index (κ2) is 8.38. The first-order valence-electron chi connectivity index (χ1n) is 9.37. The van der Waals surface area contributed by atoms with Crippen molar-refractivity contribution < 1.29 is 28.8 Å². The molecule has 3 amide bonds. The van der Waals surface area contributed by atoms with Gasteiger partial charge in [0.15, 0.2) is 6.61 Å². The molecule has 154 valence electrons. The molecule has 1 N–H and O–H groups in total. The van der Waals surface area contributed by atoms with Gasteiger partial charge in [0.2, 0.25) is 11.8 Å². The fraction of sp³-hybridized carbons (Fsp3) is 0.474. The summed E-state index contributed by atoms with van der Waals surface area (Å²) < 4.78 is 4.96. The van der Waals surface area contributed by atoms with Crippen molar-refractivity contribution in [3.63, 3.8) is 0 Å². The Kier molecular flexibility index (Phi) is 5.90. The fourth-order valence-electron chi connectivity index (χ4n) is 3.80. The molecule has 0 radical (unpaired) electrons. The number of nitrogens with one attached hydrogen (secondary N) is 1. The zero-order valence-electron chi connectivity index (χ0n) is 15.8. The molecule has 1 saturated heterocycles. The van der Waals surface area contributed by atoms with E-state index < -0.39 is 29.4 Å². The highest BCUT2D eigenvalue weighted by molar-refractivity contribution is 6.08. The van der Waals surface area contributed by atoms with Gasteiger partial charge in [0.05, 0.1) is 16.8 Å². The molecule has 1 aliphatic carbocycles. The van der Waals surface area contributed by atoms with Crippen molar-refractivity contribution in [2.45, 2.75) is 38.6 Å². The number of imide groups is 1. The molecular weight excluding hydrogens is 382 g/mol. The number of fused-ring (bicyclic) bond motifs is 1. The third-order valence-electron chi connectivity index (χ3n) is 5.31. The maximum Gasteiger partial charge on any atom is 0.329 e. The smallest absolute Gasteiger partial charge is 0.329 e. The number of benzene rings is 1. The minimum Gasteiger partial charge on any atom is -0.454 e. The predicted octanol–water partition coefficient (Wildman–Crippen LogP) is 1.64. The summed E-state index contributed by atoms with van der Waals surface area (Å²) in [5.41, 5.74) is 0.183. The highest BCUT2D eigenvalue weighted by atomic mass is 16.6. The molecule has 3 atom stereocenters. The van der Waals surface area contributed by atoms with E-state index in [4.69, 9.17) is 4.74 Å². The lowest BCUT2D eigenvalue weighted by Crippen LogP contribution is -2.45. The van der Waals surface area contributed by atoms with Gasteiger partial charge in [0.1, 0.15) is 6.04 Å². The largest absolute Gasteiger partial charge is 0.454 e. The Labute approximate surface area is 166 Å². The maximum atomic E-state index is 12.5.